The molecule has 0 saturated heterocycles. The zero-order valence-corrected chi connectivity index (χ0v) is 15.6. The molecular weight excluding hydrogens is 365 g/mol. The summed E-state index contributed by atoms with van der Waals surface area (Å²) in [4.78, 5) is 12.6. The topological polar surface area (TPSA) is 56.8 Å². The van der Waals surface area contributed by atoms with Crippen molar-refractivity contribution in [2.45, 2.75) is 19.4 Å². The molecule has 134 valence electrons. The number of benzene rings is 2. The first-order valence-corrected chi connectivity index (χ1v) is 8.38. The average molecular weight is 384 g/mol. The lowest BCUT2D eigenvalue weighted by Gasteiger charge is -2.19. The summed E-state index contributed by atoms with van der Waals surface area (Å²) in [5.41, 5.74) is 0.451. The molecule has 2 rings (SSSR count). The van der Waals surface area contributed by atoms with Crippen LogP contribution in [0.4, 0.5) is 5.69 Å². The third-order valence-electron chi connectivity index (χ3n) is 3.49. The maximum absolute atomic E-state index is 12.6. The summed E-state index contributed by atoms with van der Waals surface area (Å²) in [6.45, 7) is 1.86. The number of ether oxygens (including phenoxy) is 3. The molecule has 7 heteroatoms. The van der Waals surface area contributed by atoms with Crippen LogP contribution in [-0.4, -0.2) is 26.2 Å². The number of carbonyl (C=O) groups is 1. The highest BCUT2D eigenvalue weighted by Crippen LogP contribution is 2.36. The molecule has 0 heterocycles. The Morgan fingerprint density at radius 1 is 1.08 bits per heavy atom. The maximum Gasteiger partial charge on any atom is 0.265 e. The molecule has 0 saturated carbocycles. The van der Waals surface area contributed by atoms with Crippen LogP contribution in [0.2, 0.25) is 10.0 Å². The molecule has 2 aromatic rings. The number of anilines is 1. The van der Waals surface area contributed by atoms with E-state index in [0.717, 1.165) is 0 Å². The maximum atomic E-state index is 12.6. The molecular formula is C18H19Cl2NO4. The van der Waals surface area contributed by atoms with Gasteiger partial charge >= 0.3 is 0 Å². The largest absolute Gasteiger partial charge is 0.495 e. The zero-order valence-electron chi connectivity index (χ0n) is 14.1. The van der Waals surface area contributed by atoms with Gasteiger partial charge in [-0.15, -0.1) is 0 Å². The molecule has 0 aliphatic heterocycles. The van der Waals surface area contributed by atoms with Crippen molar-refractivity contribution in [3.05, 3.63) is 46.4 Å². The fourth-order valence-corrected chi connectivity index (χ4v) is 2.53. The monoisotopic (exact) mass is 383 g/mol. The number of carbonyl (C=O) groups excluding carboxylic acids is 1. The summed E-state index contributed by atoms with van der Waals surface area (Å²) >= 11 is 11.9. The van der Waals surface area contributed by atoms with Gasteiger partial charge in [0.2, 0.25) is 0 Å². The fraction of sp³-hybridized carbons (Fsp3) is 0.278. The SMILES string of the molecule is CC[C@@H](Oc1ccc(Cl)cc1)C(=O)Nc1cc(OC)c(Cl)cc1OC. The van der Waals surface area contributed by atoms with E-state index < -0.39 is 6.10 Å². The van der Waals surface area contributed by atoms with Crippen molar-refractivity contribution in [2.24, 2.45) is 0 Å². The number of methoxy groups -OCH3 is 2. The second-order valence-electron chi connectivity index (χ2n) is 5.14. The number of hydrogen-bond acceptors (Lipinski definition) is 4. The zero-order chi connectivity index (χ0) is 18.4. The molecule has 0 spiro atoms. The lowest BCUT2D eigenvalue weighted by molar-refractivity contribution is -0.122. The summed E-state index contributed by atoms with van der Waals surface area (Å²) in [6, 6.07) is 10.0. The quantitative estimate of drug-likeness (QED) is 0.745. The van der Waals surface area contributed by atoms with E-state index >= 15 is 0 Å². The Hall–Kier alpha value is -2.11. The number of nitrogens with one attached hydrogen (secondary N) is 1. The molecule has 0 aliphatic rings. The summed E-state index contributed by atoms with van der Waals surface area (Å²) < 4.78 is 16.2. The molecule has 0 aliphatic carbocycles. The predicted molar refractivity (Wildman–Crippen MR) is 99.3 cm³/mol. The highest BCUT2D eigenvalue weighted by atomic mass is 35.5. The summed E-state index contributed by atoms with van der Waals surface area (Å²) in [7, 11) is 2.99. The summed E-state index contributed by atoms with van der Waals surface area (Å²) in [5.74, 6) is 1.12. The first-order chi connectivity index (χ1) is 12.0. The van der Waals surface area contributed by atoms with Gasteiger partial charge in [-0.25, -0.2) is 0 Å². The van der Waals surface area contributed by atoms with Crippen LogP contribution in [0.5, 0.6) is 17.2 Å². The molecule has 0 aromatic heterocycles. The molecule has 0 radical (unpaired) electrons. The van der Waals surface area contributed by atoms with Gasteiger partial charge in [0.15, 0.2) is 6.10 Å². The van der Waals surface area contributed by atoms with E-state index in [4.69, 9.17) is 37.4 Å². The molecule has 1 atom stereocenters. The van der Waals surface area contributed by atoms with Crippen molar-refractivity contribution in [3.63, 3.8) is 0 Å². The van der Waals surface area contributed by atoms with Crippen molar-refractivity contribution in [2.75, 3.05) is 19.5 Å². The van der Waals surface area contributed by atoms with E-state index in [2.05, 4.69) is 5.32 Å². The highest BCUT2D eigenvalue weighted by molar-refractivity contribution is 6.32. The second-order valence-corrected chi connectivity index (χ2v) is 5.99. The molecule has 0 fully saturated rings. The van der Waals surface area contributed by atoms with E-state index in [-0.39, 0.29) is 5.91 Å². The number of halogens is 2. The van der Waals surface area contributed by atoms with Crippen molar-refractivity contribution >= 4 is 34.8 Å². The van der Waals surface area contributed by atoms with Crippen LogP contribution >= 0.6 is 23.2 Å². The number of hydrogen-bond donors (Lipinski definition) is 1. The first kappa shape index (κ1) is 19.2. The van der Waals surface area contributed by atoms with Crippen molar-refractivity contribution in [3.8, 4) is 17.2 Å². The molecule has 1 N–H and O–H groups in total. The van der Waals surface area contributed by atoms with Gasteiger partial charge in [0.25, 0.3) is 5.91 Å². The molecule has 25 heavy (non-hydrogen) atoms. The standard InChI is InChI=1S/C18H19Cl2NO4/c1-4-15(25-12-7-5-11(19)6-8-12)18(22)21-14-10-16(23-2)13(20)9-17(14)24-3/h5-10,15H,4H2,1-3H3,(H,21,22)/t15-/m1/s1. The van der Waals surface area contributed by atoms with Crippen molar-refractivity contribution in [1.82, 2.24) is 0 Å². The van der Waals surface area contributed by atoms with Crippen LogP contribution in [0, 0.1) is 0 Å². The van der Waals surface area contributed by atoms with Gasteiger partial charge in [-0.3, -0.25) is 4.79 Å². The fourth-order valence-electron chi connectivity index (χ4n) is 2.17. The summed E-state index contributed by atoms with van der Waals surface area (Å²) in [5, 5.41) is 3.78. The lowest BCUT2D eigenvalue weighted by Crippen LogP contribution is -2.32. The molecule has 2 aromatic carbocycles. The minimum absolute atomic E-state index is 0.305. The van der Waals surface area contributed by atoms with Crippen molar-refractivity contribution in [1.29, 1.82) is 0 Å². The van der Waals surface area contributed by atoms with E-state index in [1.807, 2.05) is 6.92 Å². The van der Waals surface area contributed by atoms with E-state index in [0.29, 0.717) is 39.4 Å². The highest BCUT2D eigenvalue weighted by Gasteiger charge is 2.21. The van der Waals surface area contributed by atoms with E-state index in [9.17, 15) is 4.79 Å². The average Bonchev–Trinajstić information content (AvgIpc) is 2.62. The van der Waals surface area contributed by atoms with Gasteiger partial charge in [-0.05, 0) is 30.7 Å². The van der Waals surface area contributed by atoms with Crippen molar-refractivity contribution < 1.29 is 19.0 Å². The Labute approximate surface area is 156 Å². The molecule has 0 unspecified atom stereocenters. The Kier molecular flexibility index (Phi) is 6.79. The van der Waals surface area contributed by atoms with Crippen LogP contribution in [0.1, 0.15) is 13.3 Å². The Morgan fingerprint density at radius 3 is 2.28 bits per heavy atom. The second kappa shape index (κ2) is 8.83. The van der Waals surface area contributed by atoms with Gasteiger partial charge in [-0.1, -0.05) is 30.1 Å². The third kappa shape index (κ3) is 4.94. The Morgan fingerprint density at radius 2 is 1.72 bits per heavy atom. The predicted octanol–water partition coefficient (Wildman–Crippen LogP) is 4.81. The van der Waals surface area contributed by atoms with Crippen LogP contribution in [0.15, 0.2) is 36.4 Å². The molecule has 1 amide bonds. The van der Waals surface area contributed by atoms with Gasteiger partial charge in [0, 0.05) is 17.2 Å². The lowest BCUT2D eigenvalue weighted by atomic mass is 10.2. The minimum Gasteiger partial charge on any atom is -0.495 e. The first-order valence-electron chi connectivity index (χ1n) is 7.63. The van der Waals surface area contributed by atoms with Gasteiger partial charge in [0.1, 0.15) is 17.2 Å². The van der Waals surface area contributed by atoms with Crippen LogP contribution in [-0.2, 0) is 4.79 Å². The minimum atomic E-state index is -0.674. The van der Waals surface area contributed by atoms with Crippen LogP contribution in [0.3, 0.4) is 0 Å². The van der Waals surface area contributed by atoms with Gasteiger partial charge in [0.05, 0.1) is 24.9 Å². The third-order valence-corrected chi connectivity index (χ3v) is 4.03. The van der Waals surface area contributed by atoms with Crippen LogP contribution in [0.25, 0.3) is 0 Å². The van der Waals surface area contributed by atoms with E-state index in [1.165, 1.54) is 14.2 Å². The molecule has 0 bridgehead atoms. The number of amides is 1. The van der Waals surface area contributed by atoms with E-state index in [1.54, 1.807) is 36.4 Å². The Bertz CT molecular complexity index is 735. The van der Waals surface area contributed by atoms with Crippen LogP contribution < -0.4 is 19.5 Å². The smallest absolute Gasteiger partial charge is 0.265 e. The van der Waals surface area contributed by atoms with Gasteiger partial charge in [-0.2, -0.15) is 0 Å². The number of rotatable bonds is 7. The summed E-state index contributed by atoms with van der Waals surface area (Å²) in [6.07, 6.45) is -0.186. The molecule has 5 nitrogen and oxygen atoms in total. The normalized spacial score (nSPS) is 11.6. The Balaban J connectivity index is 2.17. The van der Waals surface area contributed by atoms with Gasteiger partial charge < -0.3 is 19.5 Å².